The second-order valence-electron chi connectivity index (χ2n) is 10.6. The number of nitrogens with two attached hydrogens (primary N) is 1. The molecule has 5 rings (SSSR count). The molecule has 0 bridgehead atoms. The fourth-order valence-corrected chi connectivity index (χ4v) is 6.57. The number of halogens is 1. The Morgan fingerprint density at radius 2 is 1.93 bits per heavy atom. The van der Waals surface area contributed by atoms with Gasteiger partial charge in [-0.25, -0.2) is 13.1 Å². The second-order valence-corrected chi connectivity index (χ2v) is 12.7. The minimum absolute atomic E-state index is 0.0230. The molecule has 0 radical (unpaired) electrons. The maximum atomic E-state index is 13.8. The van der Waals surface area contributed by atoms with E-state index in [2.05, 4.69) is 15.0 Å². The summed E-state index contributed by atoms with van der Waals surface area (Å²) in [6.45, 7) is 0.539. The van der Waals surface area contributed by atoms with Crippen molar-refractivity contribution in [1.82, 2.24) is 14.6 Å². The first-order chi connectivity index (χ1) is 20.0. The van der Waals surface area contributed by atoms with Gasteiger partial charge in [-0.05, 0) is 67.5 Å². The third kappa shape index (κ3) is 5.81. The summed E-state index contributed by atoms with van der Waals surface area (Å²) in [5.41, 5.74) is 9.95. The maximum Gasteiger partial charge on any atom is 0.274 e. The molecule has 13 heteroatoms. The van der Waals surface area contributed by atoms with Crippen molar-refractivity contribution in [3.63, 3.8) is 0 Å². The molecule has 0 spiro atoms. The molecule has 4 aromatic rings. The number of anilines is 3. The number of aromatic nitrogens is 1. The number of benzene rings is 3. The lowest BCUT2D eigenvalue weighted by Crippen LogP contribution is -2.30. The molecule has 42 heavy (non-hydrogen) atoms. The number of hydrogen-bond donors (Lipinski definition) is 5. The summed E-state index contributed by atoms with van der Waals surface area (Å²) in [6, 6.07) is 13.5. The Hall–Kier alpha value is -3.68. The van der Waals surface area contributed by atoms with Gasteiger partial charge in [-0.2, -0.15) is 0 Å². The predicted octanol–water partition coefficient (Wildman–Crippen LogP) is 3.05. The summed E-state index contributed by atoms with van der Waals surface area (Å²) in [6.07, 6.45) is 0.369. The normalized spacial score (nSPS) is 15.1. The molecule has 0 saturated carbocycles. The molecule has 1 aromatic heterocycles. The van der Waals surface area contributed by atoms with E-state index in [1.54, 1.807) is 29.2 Å². The molecule has 0 aliphatic carbocycles. The first-order valence-corrected chi connectivity index (χ1v) is 15.5. The van der Waals surface area contributed by atoms with Crippen molar-refractivity contribution in [3.05, 3.63) is 59.8 Å². The van der Waals surface area contributed by atoms with Crippen LogP contribution in [0.2, 0.25) is 0 Å². The van der Waals surface area contributed by atoms with Crippen molar-refractivity contribution in [3.8, 4) is 0 Å². The summed E-state index contributed by atoms with van der Waals surface area (Å²) in [7, 11) is -0.0227. The topological polar surface area (TPSA) is 161 Å². The molecule has 0 saturated heterocycles. The number of rotatable bonds is 10. The summed E-state index contributed by atoms with van der Waals surface area (Å²) in [5.74, 6) is -0.302. The highest BCUT2D eigenvalue weighted by molar-refractivity contribution is 7.89. The molecule has 0 fully saturated rings. The first-order valence-electron chi connectivity index (χ1n) is 13.4. The van der Waals surface area contributed by atoms with E-state index in [1.165, 1.54) is 12.1 Å². The Kier molecular flexibility index (Phi) is 8.44. The molecule has 222 valence electrons. The molecular formula is C29H33ClN6O5S. The Labute approximate surface area is 248 Å². The molecule has 11 nitrogen and oxygen atoms in total. The minimum Gasteiger partial charge on any atom is -0.398 e. The number of carbonyl (C=O) groups excluding carboxylic acids is 2. The molecule has 1 aliphatic heterocycles. The average Bonchev–Trinajstić information content (AvgIpc) is 3.56. The second kappa shape index (κ2) is 11.9. The molecule has 6 N–H and O–H groups in total. The zero-order valence-electron chi connectivity index (χ0n) is 23.3. The van der Waals surface area contributed by atoms with Crippen LogP contribution >= 0.6 is 11.6 Å². The van der Waals surface area contributed by atoms with Crippen molar-refractivity contribution in [2.24, 2.45) is 0 Å². The fourth-order valence-electron chi connectivity index (χ4n) is 5.27. The quantitative estimate of drug-likeness (QED) is 0.136. The number of H-pyrrole nitrogens is 1. The smallest absolute Gasteiger partial charge is 0.274 e. The number of nitrogen functional groups attached to an aromatic ring is 1. The zero-order chi connectivity index (χ0) is 30.2. The number of aliphatic hydroxyl groups excluding tert-OH is 1. The van der Waals surface area contributed by atoms with Crippen LogP contribution in [-0.4, -0.2) is 81.4 Å². The summed E-state index contributed by atoms with van der Waals surface area (Å²) < 4.78 is 27.6. The molecule has 1 aliphatic rings. The van der Waals surface area contributed by atoms with Gasteiger partial charge in [0.05, 0.1) is 17.2 Å². The van der Waals surface area contributed by atoms with Crippen molar-refractivity contribution < 1.29 is 23.1 Å². The third-order valence-electron chi connectivity index (χ3n) is 7.33. The molecule has 2 heterocycles. The van der Waals surface area contributed by atoms with Gasteiger partial charge in [0.2, 0.25) is 15.9 Å². The minimum atomic E-state index is -3.84. The number of fused-ring (bicyclic) bond motifs is 4. The van der Waals surface area contributed by atoms with Gasteiger partial charge in [0, 0.05) is 65.5 Å². The van der Waals surface area contributed by atoms with Crippen LogP contribution in [-0.2, 0) is 14.8 Å². The maximum absolute atomic E-state index is 13.8. The molecule has 1 unspecified atom stereocenters. The van der Waals surface area contributed by atoms with Crippen LogP contribution in [0.15, 0.2) is 53.4 Å². The molecular weight excluding hydrogens is 580 g/mol. The molecule has 2 amide bonds. The van der Waals surface area contributed by atoms with E-state index in [-0.39, 0.29) is 41.7 Å². The third-order valence-corrected chi connectivity index (χ3v) is 9.16. The van der Waals surface area contributed by atoms with Gasteiger partial charge in [-0.1, -0.05) is 6.07 Å². The Morgan fingerprint density at radius 3 is 2.64 bits per heavy atom. The van der Waals surface area contributed by atoms with E-state index in [9.17, 15) is 18.0 Å². The zero-order valence-corrected chi connectivity index (χ0v) is 24.8. The average molecular weight is 613 g/mol. The Bertz CT molecular complexity index is 1790. The van der Waals surface area contributed by atoms with Crippen molar-refractivity contribution in [2.45, 2.75) is 17.2 Å². The van der Waals surface area contributed by atoms with Crippen LogP contribution in [0.5, 0.6) is 0 Å². The van der Waals surface area contributed by atoms with Crippen LogP contribution in [0.4, 0.5) is 17.1 Å². The largest absolute Gasteiger partial charge is 0.398 e. The van der Waals surface area contributed by atoms with E-state index in [4.69, 9.17) is 22.4 Å². The van der Waals surface area contributed by atoms with E-state index in [1.807, 2.05) is 31.1 Å². The van der Waals surface area contributed by atoms with Crippen molar-refractivity contribution >= 4 is 72.2 Å². The van der Waals surface area contributed by atoms with Gasteiger partial charge in [0.15, 0.2) is 0 Å². The number of aliphatic hydroxyl groups is 1. The number of aromatic amines is 1. The van der Waals surface area contributed by atoms with E-state index in [0.717, 1.165) is 21.9 Å². The van der Waals surface area contributed by atoms with Gasteiger partial charge >= 0.3 is 0 Å². The predicted molar refractivity (Wildman–Crippen MR) is 166 cm³/mol. The van der Waals surface area contributed by atoms with Gasteiger partial charge in [0.1, 0.15) is 5.69 Å². The standard InChI is InChI=1S/C29H33ClN6O5S/c1-35(2)9-7-27(38)33-19-3-6-24-17(11-19)12-25(34-24)29(39)36-16-18(15-30)28-21-5-4-20(42(40,41)32-8-10-37)13-22(21)23(31)14-26(28)36/h3-6,11-14,18,32,34,37H,7-10,15-16,31H2,1-2H3,(H,33,38). The van der Waals surface area contributed by atoms with Crippen LogP contribution in [0.25, 0.3) is 21.7 Å². The highest BCUT2D eigenvalue weighted by Gasteiger charge is 2.35. The van der Waals surface area contributed by atoms with E-state index >= 15 is 0 Å². The summed E-state index contributed by atoms with van der Waals surface area (Å²) in [4.78, 5) is 32.9. The first kappa shape index (κ1) is 29.8. The number of carbonyl (C=O) groups is 2. The van der Waals surface area contributed by atoms with Crippen LogP contribution in [0.3, 0.4) is 0 Å². The van der Waals surface area contributed by atoms with Gasteiger partial charge in [0.25, 0.3) is 5.91 Å². The highest BCUT2D eigenvalue weighted by atomic mass is 35.5. The van der Waals surface area contributed by atoms with Crippen molar-refractivity contribution in [1.29, 1.82) is 0 Å². The van der Waals surface area contributed by atoms with E-state index < -0.39 is 10.0 Å². The molecule has 3 aromatic carbocycles. The van der Waals surface area contributed by atoms with Gasteiger partial charge in [-0.3, -0.25) is 9.59 Å². The van der Waals surface area contributed by atoms with Gasteiger partial charge in [-0.15, -0.1) is 11.6 Å². The van der Waals surface area contributed by atoms with E-state index in [0.29, 0.717) is 47.7 Å². The monoisotopic (exact) mass is 612 g/mol. The van der Waals surface area contributed by atoms with Crippen molar-refractivity contribution in [2.75, 3.05) is 62.2 Å². The SMILES string of the molecule is CN(C)CCC(=O)Nc1ccc2[nH]c(C(=O)N3CC(CCl)c4c3cc(N)c3cc(S(=O)(=O)NCCO)ccc43)cc2c1. The summed E-state index contributed by atoms with van der Waals surface area (Å²) >= 11 is 6.37. The number of sulfonamides is 1. The number of nitrogens with one attached hydrogen (secondary N) is 3. The van der Waals surface area contributed by atoms with Crippen LogP contribution in [0.1, 0.15) is 28.4 Å². The fraction of sp³-hybridized carbons (Fsp3) is 0.310. The lowest BCUT2D eigenvalue weighted by Gasteiger charge is -2.18. The summed E-state index contributed by atoms with van der Waals surface area (Å²) in [5, 5.41) is 13.9. The number of hydrogen-bond acceptors (Lipinski definition) is 7. The highest BCUT2D eigenvalue weighted by Crippen LogP contribution is 2.45. The van der Waals surface area contributed by atoms with Crippen LogP contribution < -0.4 is 20.7 Å². The number of amides is 2. The number of nitrogens with zero attached hydrogens (tertiary/aromatic N) is 2. The van der Waals surface area contributed by atoms with Gasteiger partial charge < -0.3 is 30.9 Å². The Balaban J connectivity index is 1.46. The Morgan fingerprint density at radius 1 is 1.14 bits per heavy atom. The van der Waals surface area contributed by atoms with Crippen LogP contribution in [0, 0.1) is 0 Å². The number of alkyl halides is 1. The molecule has 1 atom stereocenters. The lowest BCUT2D eigenvalue weighted by atomic mass is 9.95. The lowest BCUT2D eigenvalue weighted by molar-refractivity contribution is -0.116.